The number of aromatic nitrogens is 1. The lowest BCUT2D eigenvalue weighted by molar-refractivity contribution is 0.338. The lowest BCUT2D eigenvalue weighted by Gasteiger charge is -2.11. The first-order valence-corrected chi connectivity index (χ1v) is 8.37. The summed E-state index contributed by atoms with van der Waals surface area (Å²) in [6.45, 7) is 6.15. The van der Waals surface area contributed by atoms with Gasteiger partial charge in [0.1, 0.15) is 17.3 Å². The molecule has 74 valence electrons. The van der Waals surface area contributed by atoms with Gasteiger partial charge in [0, 0.05) is 5.38 Å². The van der Waals surface area contributed by atoms with Gasteiger partial charge in [-0.2, -0.15) is 5.26 Å². The van der Waals surface area contributed by atoms with E-state index in [-0.39, 0.29) is 0 Å². The monoisotopic (exact) mass is 225 g/mol. The highest BCUT2D eigenvalue weighted by molar-refractivity contribution is 7.11. The zero-order valence-corrected chi connectivity index (χ0v) is 10.1. The van der Waals surface area contributed by atoms with Crippen LogP contribution < -0.4 is 0 Å². The van der Waals surface area contributed by atoms with Crippen LogP contribution in [0, 0.1) is 11.3 Å². The van der Waals surface area contributed by atoms with Gasteiger partial charge in [-0.05, 0) is 19.6 Å². The predicted molar refractivity (Wildman–Crippen MR) is 58.9 cm³/mol. The summed E-state index contributed by atoms with van der Waals surface area (Å²) in [4.78, 5) is 3.99. The number of hydrogen-bond donors (Lipinski definition) is 0. The summed E-state index contributed by atoms with van der Waals surface area (Å²) in [5.41, 5.74) is 0.421. The maximum atomic E-state index is 8.53. The van der Waals surface area contributed by atoms with Gasteiger partial charge in [0.25, 0.3) is 8.32 Å². The van der Waals surface area contributed by atoms with Crippen molar-refractivity contribution in [1.29, 1.82) is 5.26 Å². The van der Waals surface area contributed by atoms with Crippen molar-refractivity contribution in [3.63, 3.8) is 0 Å². The minimum atomic E-state index is -1.60. The first kappa shape index (κ1) is 10.9. The smallest absolute Gasteiger partial charge is 0.278 e. The molecule has 0 spiro atoms. The van der Waals surface area contributed by atoms with Crippen LogP contribution in [0.3, 0.4) is 0 Å². The van der Waals surface area contributed by atoms with Crippen molar-refractivity contribution in [2.75, 3.05) is 0 Å². The summed E-state index contributed by atoms with van der Waals surface area (Å²) < 4.78 is 5.27. The van der Waals surface area contributed by atoms with Crippen LogP contribution in [0.15, 0.2) is 10.5 Å². The van der Waals surface area contributed by atoms with E-state index in [1.54, 1.807) is 11.6 Å². The molecule has 0 atom stereocenters. The van der Waals surface area contributed by atoms with E-state index in [1.165, 1.54) is 11.3 Å². The predicted octanol–water partition coefficient (Wildman–Crippen LogP) is 2.20. The first-order chi connectivity index (χ1) is 6.51. The van der Waals surface area contributed by atoms with Gasteiger partial charge in [-0.3, -0.25) is 0 Å². The van der Waals surface area contributed by atoms with Gasteiger partial charge in [-0.1, -0.05) is 0 Å². The largest absolute Gasteiger partial charge is 0.456 e. The molecule has 0 aliphatic heterocycles. The molecule has 14 heavy (non-hydrogen) atoms. The molecule has 0 N–H and O–H groups in total. The molecule has 0 aliphatic rings. The fourth-order valence-corrected chi connectivity index (χ4v) is 1.59. The van der Waals surface area contributed by atoms with Gasteiger partial charge in [-0.15, -0.1) is 16.5 Å². The molecule has 4 nitrogen and oxygen atoms in total. The number of thiazole rings is 1. The number of nitrogens with zero attached hydrogens (tertiary/aromatic N) is 3. The second-order valence-electron chi connectivity index (χ2n) is 3.62. The molecule has 1 heterocycles. The molecule has 0 saturated heterocycles. The third-order valence-electron chi connectivity index (χ3n) is 1.13. The summed E-state index contributed by atoms with van der Waals surface area (Å²) >= 11 is 1.38. The van der Waals surface area contributed by atoms with Crippen LogP contribution in [0.2, 0.25) is 19.6 Å². The van der Waals surface area contributed by atoms with E-state index in [0.717, 1.165) is 0 Å². The molecule has 1 rings (SSSR count). The Hall–Kier alpha value is -1.19. The molecule has 0 unspecified atom stereocenters. The van der Waals surface area contributed by atoms with E-state index < -0.39 is 8.32 Å². The molecular weight excluding hydrogens is 214 g/mol. The average molecular weight is 225 g/mol. The van der Waals surface area contributed by atoms with Gasteiger partial charge in [-0.25, -0.2) is 4.98 Å². The third kappa shape index (κ3) is 3.68. The van der Waals surface area contributed by atoms with Crippen molar-refractivity contribution in [3.8, 4) is 6.07 Å². The van der Waals surface area contributed by atoms with Crippen molar-refractivity contribution < 1.29 is 4.53 Å². The maximum absolute atomic E-state index is 8.53. The van der Waals surface area contributed by atoms with Crippen molar-refractivity contribution in [2.24, 2.45) is 5.16 Å². The van der Waals surface area contributed by atoms with Crippen molar-refractivity contribution in [1.82, 2.24) is 4.98 Å². The highest BCUT2D eigenvalue weighted by atomic mass is 32.1. The second-order valence-corrected chi connectivity index (χ2v) is 8.92. The number of oxime groups is 1. The molecule has 0 bridgehead atoms. The average Bonchev–Trinajstić information content (AvgIpc) is 2.50. The summed E-state index contributed by atoms with van der Waals surface area (Å²) in [7, 11) is -1.60. The van der Waals surface area contributed by atoms with Crippen LogP contribution in [-0.2, 0) is 4.53 Å². The molecule has 0 aromatic carbocycles. The zero-order valence-electron chi connectivity index (χ0n) is 8.31. The standard InChI is InChI=1S/C8H11N3OSSi/c1-14(2,3)12-10-5-8-11-7(4-9)6-13-8/h5-6H,1-3H3. The van der Waals surface area contributed by atoms with Crippen molar-refractivity contribution in [3.05, 3.63) is 16.1 Å². The topological polar surface area (TPSA) is 58.3 Å². The highest BCUT2D eigenvalue weighted by Crippen LogP contribution is 2.07. The van der Waals surface area contributed by atoms with Crippen LogP contribution in [0.5, 0.6) is 0 Å². The fraction of sp³-hybridized carbons (Fsp3) is 0.375. The van der Waals surface area contributed by atoms with Crippen LogP contribution in [0.25, 0.3) is 0 Å². The minimum absolute atomic E-state index is 0.421. The van der Waals surface area contributed by atoms with Crippen LogP contribution >= 0.6 is 11.3 Å². The van der Waals surface area contributed by atoms with E-state index in [4.69, 9.17) is 9.79 Å². The molecule has 1 aromatic heterocycles. The van der Waals surface area contributed by atoms with Crippen molar-refractivity contribution >= 4 is 25.9 Å². The van der Waals surface area contributed by atoms with Gasteiger partial charge < -0.3 is 4.53 Å². The second kappa shape index (κ2) is 4.35. The van der Waals surface area contributed by atoms with E-state index in [0.29, 0.717) is 10.7 Å². The molecule has 0 saturated carbocycles. The Morgan fingerprint density at radius 1 is 1.64 bits per heavy atom. The van der Waals surface area contributed by atoms with Gasteiger partial charge in [0.2, 0.25) is 0 Å². The van der Waals surface area contributed by atoms with Crippen LogP contribution in [0.1, 0.15) is 10.7 Å². The van der Waals surface area contributed by atoms with E-state index in [1.807, 2.05) is 25.7 Å². The summed E-state index contributed by atoms with van der Waals surface area (Å²) in [6.07, 6.45) is 1.55. The van der Waals surface area contributed by atoms with Gasteiger partial charge in [0.15, 0.2) is 5.69 Å². The SMILES string of the molecule is C[Si](C)(C)ON=Cc1nc(C#N)cs1. The third-order valence-corrected chi connectivity index (χ3v) is 2.56. The number of hydrogen-bond acceptors (Lipinski definition) is 5. The molecular formula is C8H11N3OSSi. The van der Waals surface area contributed by atoms with E-state index in [2.05, 4.69) is 10.1 Å². The maximum Gasteiger partial charge on any atom is 0.278 e. The zero-order chi connectivity index (χ0) is 10.6. The molecule has 0 fully saturated rings. The first-order valence-electron chi connectivity index (χ1n) is 4.08. The Morgan fingerprint density at radius 3 is 2.86 bits per heavy atom. The summed E-state index contributed by atoms with van der Waals surface area (Å²) in [5, 5.41) is 14.8. The lowest BCUT2D eigenvalue weighted by Crippen LogP contribution is -2.22. The van der Waals surface area contributed by atoms with Crippen LogP contribution in [0.4, 0.5) is 0 Å². The molecule has 0 amide bonds. The van der Waals surface area contributed by atoms with Gasteiger partial charge >= 0.3 is 0 Å². The quantitative estimate of drug-likeness (QED) is 0.450. The lowest BCUT2D eigenvalue weighted by atomic mass is 10.6. The Labute approximate surface area is 88.0 Å². The number of rotatable bonds is 3. The molecule has 0 aliphatic carbocycles. The van der Waals surface area contributed by atoms with E-state index >= 15 is 0 Å². The number of nitriles is 1. The molecule has 0 radical (unpaired) electrons. The van der Waals surface area contributed by atoms with Crippen molar-refractivity contribution in [2.45, 2.75) is 19.6 Å². The normalized spacial score (nSPS) is 11.6. The Balaban J connectivity index is 2.57. The fourth-order valence-electron chi connectivity index (χ4n) is 0.628. The minimum Gasteiger partial charge on any atom is -0.456 e. The van der Waals surface area contributed by atoms with Crippen LogP contribution in [-0.4, -0.2) is 19.5 Å². The van der Waals surface area contributed by atoms with Gasteiger partial charge in [0.05, 0.1) is 0 Å². The molecule has 1 aromatic rings. The summed E-state index contributed by atoms with van der Waals surface area (Å²) in [5.74, 6) is 0. The Morgan fingerprint density at radius 2 is 2.36 bits per heavy atom. The highest BCUT2D eigenvalue weighted by Gasteiger charge is 2.15. The summed E-state index contributed by atoms with van der Waals surface area (Å²) in [6, 6.07) is 1.96. The van der Waals surface area contributed by atoms with E-state index in [9.17, 15) is 0 Å². The Bertz CT molecular complexity index is 375. The Kier molecular flexibility index (Phi) is 3.38. The molecule has 6 heteroatoms.